The van der Waals surface area contributed by atoms with Gasteiger partial charge < -0.3 is 0 Å². The molecular weight excluding hydrogens is 302 g/mol. The molecule has 0 fully saturated rings. The van der Waals surface area contributed by atoms with Gasteiger partial charge in [-0.25, -0.2) is 10.1 Å². The first-order valence-electron chi connectivity index (χ1n) is 7.86. The van der Waals surface area contributed by atoms with Crippen LogP contribution in [0.15, 0.2) is 59.7 Å². The number of aromatic nitrogens is 3. The number of hydrazone groups is 1. The zero-order valence-electron chi connectivity index (χ0n) is 13.5. The third-order valence-corrected chi connectivity index (χ3v) is 3.65. The van der Waals surface area contributed by atoms with Crippen LogP contribution in [-0.2, 0) is 17.8 Å². The first-order valence-corrected chi connectivity index (χ1v) is 7.86. The van der Waals surface area contributed by atoms with E-state index in [0.717, 1.165) is 22.3 Å². The molecule has 3 rings (SSSR count). The predicted molar refractivity (Wildman–Crippen MR) is 93.5 cm³/mol. The highest BCUT2D eigenvalue weighted by atomic mass is 16.2. The van der Waals surface area contributed by atoms with Crippen molar-refractivity contribution in [2.75, 3.05) is 0 Å². The van der Waals surface area contributed by atoms with Gasteiger partial charge >= 0.3 is 0 Å². The molecule has 0 radical (unpaired) electrons. The summed E-state index contributed by atoms with van der Waals surface area (Å²) in [6.07, 6.45) is 1.11. The van der Waals surface area contributed by atoms with E-state index in [1.165, 1.54) is 0 Å². The summed E-state index contributed by atoms with van der Waals surface area (Å²) in [5.74, 6) is -0.0957. The highest BCUT2D eigenvalue weighted by molar-refractivity contribution is 5.85. The van der Waals surface area contributed by atoms with Crippen molar-refractivity contribution in [1.29, 1.82) is 0 Å². The van der Waals surface area contributed by atoms with Crippen LogP contribution in [-0.4, -0.2) is 26.6 Å². The molecule has 0 saturated carbocycles. The number of nitrogens with one attached hydrogen (secondary N) is 1. The van der Waals surface area contributed by atoms with Gasteiger partial charge in [-0.1, -0.05) is 47.7 Å². The standard InChI is InChI=1S/C18H19N5O/c1-14(13-23-17-10-6-5-9-16(17)20-22-23)19-21-18(24)12-11-15-7-3-2-4-8-15/h2-10H,11-13H2,1H3,(H,21,24)/b19-14+. The number of carbonyl (C=O) groups is 1. The Kier molecular flexibility index (Phi) is 4.96. The van der Waals surface area contributed by atoms with Crippen molar-refractivity contribution in [2.45, 2.75) is 26.3 Å². The van der Waals surface area contributed by atoms with Crippen LogP contribution in [0.4, 0.5) is 0 Å². The molecule has 1 amide bonds. The first-order chi connectivity index (χ1) is 11.7. The lowest BCUT2D eigenvalue weighted by Crippen LogP contribution is -2.21. The molecule has 122 valence electrons. The maximum atomic E-state index is 11.9. The van der Waals surface area contributed by atoms with Gasteiger partial charge in [-0.15, -0.1) is 5.10 Å². The third-order valence-electron chi connectivity index (χ3n) is 3.65. The van der Waals surface area contributed by atoms with Crippen LogP contribution in [0.25, 0.3) is 11.0 Å². The molecule has 1 N–H and O–H groups in total. The summed E-state index contributed by atoms with van der Waals surface area (Å²) in [5.41, 5.74) is 6.30. The van der Waals surface area contributed by atoms with Crippen LogP contribution in [0, 0.1) is 0 Å². The van der Waals surface area contributed by atoms with E-state index in [9.17, 15) is 4.79 Å². The monoisotopic (exact) mass is 321 g/mol. The minimum absolute atomic E-state index is 0.0957. The second kappa shape index (κ2) is 7.50. The maximum absolute atomic E-state index is 11.9. The summed E-state index contributed by atoms with van der Waals surface area (Å²) in [7, 11) is 0. The minimum Gasteiger partial charge on any atom is -0.273 e. The molecule has 0 aliphatic heterocycles. The lowest BCUT2D eigenvalue weighted by atomic mass is 10.1. The van der Waals surface area contributed by atoms with Crippen molar-refractivity contribution in [3.8, 4) is 0 Å². The van der Waals surface area contributed by atoms with Gasteiger partial charge in [-0.05, 0) is 31.0 Å². The highest BCUT2D eigenvalue weighted by Crippen LogP contribution is 2.09. The van der Waals surface area contributed by atoms with Crippen LogP contribution >= 0.6 is 0 Å². The van der Waals surface area contributed by atoms with Gasteiger partial charge in [0.25, 0.3) is 0 Å². The van der Waals surface area contributed by atoms with Crippen molar-refractivity contribution in [1.82, 2.24) is 20.4 Å². The van der Waals surface area contributed by atoms with E-state index >= 15 is 0 Å². The number of hydrogen-bond acceptors (Lipinski definition) is 4. The van der Waals surface area contributed by atoms with Crippen LogP contribution in [0.1, 0.15) is 18.9 Å². The molecule has 0 spiro atoms. The molecule has 24 heavy (non-hydrogen) atoms. The molecule has 1 heterocycles. The average molecular weight is 321 g/mol. The molecule has 2 aromatic carbocycles. The second-order valence-corrected chi connectivity index (χ2v) is 5.60. The van der Waals surface area contributed by atoms with Crippen molar-refractivity contribution in [3.05, 3.63) is 60.2 Å². The lowest BCUT2D eigenvalue weighted by Gasteiger charge is -2.04. The smallest absolute Gasteiger partial charge is 0.240 e. The first kappa shape index (κ1) is 15.9. The summed E-state index contributed by atoms with van der Waals surface area (Å²) < 4.78 is 1.77. The van der Waals surface area contributed by atoms with E-state index in [4.69, 9.17) is 0 Å². The fraction of sp³-hybridized carbons (Fsp3) is 0.222. The van der Waals surface area contributed by atoms with Gasteiger partial charge in [-0.3, -0.25) is 4.79 Å². The predicted octanol–water partition coefficient (Wildman–Crippen LogP) is 2.56. The van der Waals surface area contributed by atoms with Gasteiger partial charge in [0.2, 0.25) is 5.91 Å². The number of para-hydroxylation sites is 1. The number of fused-ring (bicyclic) bond motifs is 1. The van der Waals surface area contributed by atoms with E-state index < -0.39 is 0 Å². The van der Waals surface area contributed by atoms with Crippen molar-refractivity contribution in [2.24, 2.45) is 5.10 Å². The van der Waals surface area contributed by atoms with Crippen LogP contribution in [0.3, 0.4) is 0 Å². The molecular formula is C18H19N5O. The molecule has 0 aliphatic rings. The molecule has 0 bridgehead atoms. The van der Waals surface area contributed by atoms with E-state index in [0.29, 0.717) is 19.4 Å². The Bertz CT molecular complexity index is 854. The zero-order valence-corrected chi connectivity index (χ0v) is 13.5. The number of nitrogens with zero attached hydrogens (tertiary/aromatic N) is 4. The van der Waals surface area contributed by atoms with Crippen molar-refractivity contribution < 1.29 is 4.79 Å². The average Bonchev–Trinajstić information content (AvgIpc) is 3.02. The molecule has 6 heteroatoms. The minimum atomic E-state index is -0.0957. The van der Waals surface area contributed by atoms with Crippen molar-refractivity contribution in [3.63, 3.8) is 0 Å². The number of rotatable bonds is 6. The fourth-order valence-corrected chi connectivity index (χ4v) is 2.40. The largest absolute Gasteiger partial charge is 0.273 e. The third kappa shape index (κ3) is 4.04. The second-order valence-electron chi connectivity index (χ2n) is 5.60. The van der Waals surface area contributed by atoms with E-state index in [2.05, 4.69) is 20.8 Å². The zero-order chi connectivity index (χ0) is 16.8. The fourth-order valence-electron chi connectivity index (χ4n) is 2.40. The topological polar surface area (TPSA) is 72.2 Å². The molecule has 3 aromatic rings. The summed E-state index contributed by atoms with van der Waals surface area (Å²) in [6, 6.07) is 17.7. The number of amides is 1. The Hall–Kier alpha value is -3.02. The Balaban J connectivity index is 1.53. The molecule has 1 aromatic heterocycles. The molecule has 0 atom stereocenters. The van der Waals surface area contributed by atoms with E-state index in [1.54, 1.807) is 4.68 Å². The molecule has 0 saturated heterocycles. The Morgan fingerprint density at radius 1 is 1.12 bits per heavy atom. The van der Waals surface area contributed by atoms with Gasteiger partial charge in [0.1, 0.15) is 5.52 Å². The highest BCUT2D eigenvalue weighted by Gasteiger charge is 2.05. The molecule has 0 aliphatic carbocycles. The Morgan fingerprint density at radius 2 is 1.88 bits per heavy atom. The van der Waals surface area contributed by atoms with Crippen LogP contribution in [0.2, 0.25) is 0 Å². The van der Waals surface area contributed by atoms with Gasteiger partial charge in [0, 0.05) is 6.42 Å². The number of aryl methyl sites for hydroxylation is 1. The Morgan fingerprint density at radius 3 is 2.71 bits per heavy atom. The van der Waals surface area contributed by atoms with Crippen molar-refractivity contribution >= 4 is 22.7 Å². The van der Waals surface area contributed by atoms with Gasteiger partial charge in [0.05, 0.1) is 17.8 Å². The summed E-state index contributed by atoms with van der Waals surface area (Å²) in [5, 5.41) is 12.4. The normalized spacial score (nSPS) is 11.6. The quantitative estimate of drug-likeness (QED) is 0.560. The summed E-state index contributed by atoms with van der Waals surface area (Å²) in [6.45, 7) is 2.34. The SMILES string of the molecule is C/C(Cn1nnc2ccccc21)=N\NC(=O)CCc1ccccc1. The molecule has 0 unspecified atom stereocenters. The number of benzene rings is 2. The molecule has 6 nitrogen and oxygen atoms in total. The number of hydrogen-bond donors (Lipinski definition) is 1. The van der Waals surface area contributed by atoms with Gasteiger partial charge in [-0.2, -0.15) is 5.10 Å². The Labute approximate surface area is 140 Å². The van der Waals surface area contributed by atoms with Crippen LogP contribution in [0.5, 0.6) is 0 Å². The van der Waals surface area contributed by atoms with E-state index in [-0.39, 0.29) is 5.91 Å². The summed E-state index contributed by atoms with van der Waals surface area (Å²) >= 11 is 0. The van der Waals surface area contributed by atoms with E-state index in [1.807, 2.05) is 61.5 Å². The lowest BCUT2D eigenvalue weighted by molar-refractivity contribution is -0.121. The van der Waals surface area contributed by atoms with Crippen LogP contribution < -0.4 is 5.43 Å². The number of carbonyl (C=O) groups excluding carboxylic acids is 1. The summed E-state index contributed by atoms with van der Waals surface area (Å²) in [4.78, 5) is 11.9. The van der Waals surface area contributed by atoms with Gasteiger partial charge in [0.15, 0.2) is 0 Å². The maximum Gasteiger partial charge on any atom is 0.240 e.